The van der Waals surface area contributed by atoms with Crippen LogP contribution in [-0.4, -0.2) is 34.0 Å². The van der Waals surface area contributed by atoms with Crippen molar-refractivity contribution in [1.29, 1.82) is 0 Å². The van der Waals surface area contributed by atoms with Crippen molar-refractivity contribution in [2.75, 3.05) is 18.9 Å². The van der Waals surface area contributed by atoms with Crippen LogP contribution in [0.4, 0.5) is 5.82 Å². The molecule has 0 aliphatic rings. The molecule has 2 heterocycles. The van der Waals surface area contributed by atoms with Crippen molar-refractivity contribution in [3.63, 3.8) is 0 Å². The minimum atomic E-state index is 0.428. The molecule has 7 heteroatoms. The SMILES string of the molecule is C=CC/C=N/OCCCn1c(COCC)nc2c(N)nc3ccccc3c21. The van der Waals surface area contributed by atoms with E-state index in [1.165, 1.54) is 0 Å². The molecular weight excluding hydrogens is 342 g/mol. The highest BCUT2D eigenvalue weighted by molar-refractivity contribution is 6.06. The Hall–Kier alpha value is -2.93. The first-order valence-corrected chi connectivity index (χ1v) is 9.12. The zero-order valence-corrected chi connectivity index (χ0v) is 15.6. The van der Waals surface area contributed by atoms with Crippen LogP contribution in [0.5, 0.6) is 0 Å². The number of para-hydroxylation sites is 1. The zero-order chi connectivity index (χ0) is 19.1. The fourth-order valence-corrected chi connectivity index (χ4v) is 2.96. The summed E-state index contributed by atoms with van der Waals surface area (Å²) in [5.74, 6) is 1.28. The van der Waals surface area contributed by atoms with E-state index >= 15 is 0 Å². The van der Waals surface area contributed by atoms with Crippen LogP contribution < -0.4 is 5.73 Å². The Kier molecular flexibility index (Phi) is 6.38. The van der Waals surface area contributed by atoms with Crippen molar-refractivity contribution < 1.29 is 9.57 Å². The lowest BCUT2D eigenvalue weighted by molar-refractivity contribution is 0.122. The molecule has 0 spiro atoms. The van der Waals surface area contributed by atoms with Gasteiger partial charge in [-0.2, -0.15) is 0 Å². The van der Waals surface area contributed by atoms with Gasteiger partial charge in [0.15, 0.2) is 5.82 Å². The van der Waals surface area contributed by atoms with E-state index in [1.807, 2.05) is 31.2 Å². The van der Waals surface area contributed by atoms with Gasteiger partial charge < -0.3 is 19.9 Å². The van der Waals surface area contributed by atoms with Crippen LogP contribution in [0, 0.1) is 0 Å². The third kappa shape index (κ3) is 4.25. The normalized spacial score (nSPS) is 11.6. The maximum atomic E-state index is 6.18. The van der Waals surface area contributed by atoms with E-state index < -0.39 is 0 Å². The summed E-state index contributed by atoms with van der Waals surface area (Å²) in [6.45, 7) is 7.90. The summed E-state index contributed by atoms with van der Waals surface area (Å²) in [6, 6.07) is 7.96. The molecule has 3 aromatic rings. The van der Waals surface area contributed by atoms with Crippen LogP contribution in [0.1, 0.15) is 25.6 Å². The third-order valence-electron chi connectivity index (χ3n) is 4.16. The number of benzene rings is 1. The van der Waals surface area contributed by atoms with Gasteiger partial charge in [0.1, 0.15) is 24.6 Å². The lowest BCUT2D eigenvalue weighted by Gasteiger charge is -2.10. The summed E-state index contributed by atoms with van der Waals surface area (Å²) in [6.07, 6.45) is 4.95. The maximum absolute atomic E-state index is 6.18. The molecule has 7 nitrogen and oxygen atoms in total. The molecule has 27 heavy (non-hydrogen) atoms. The largest absolute Gasteiger partial charge is 0.396 e. The minimum Gasteiger partial charge on any atom is -0.396 e. The predicted molar refractivity (Wildman–Crippen MR) is 109 cm³/mol. The second-order valence-corrected chi connectivity index (χ2v) is 6.03. The van der Waals surface area contributed by atoms with Crippen molar-refractivity contribution in [3.05, 3.63) is 42.7 Å². The van der Waals surface area contributed by atoms with Gasteiger partial charge in [0.25, 0.3) is 0 Å². The topological polar surface area (TPSA) is 87.5 Å². The summed E-state index contributed by atoms with van der Waals surface area (Å²) in [7, 11) is 0. The van der Waals surface area contributed by atoms with E-state index in [9.17, 15) is 0 Å². The molecule has 3 rings (SSSR count). The van der Waals surface area contributed by atoms with Gasteiger partial charge in [0, 0.05) is 37.6 Å². The van der Waals surface area contributed by atoms with Gasteiger partial charge >= 0.3 is 0 Å². The summed E-state index contributed by atoms with van der Waals surface area (Å²) < 4.78 is 7.76. The van der Waals surface area contributed by atoms with Crippen LogP contribution >= 0.6 is 0 Å². The quantitative estimate of drug-likeness (QED) is 0.256. The molecule has 0 amide bonds. The molecule has 0 bridgehead atoms. The number of nitrogens with zero attached hydrogens (tertiary/aromatic N) is 4. The number of allylic oxidation sites excluding steroid dienone is 1. The van der Waals surface area contributed by atoms with Gasteiger partial charge in [-0.15, -0.1) is 6.58 Å². The molecule has 0 aliphatic carbocycles. The van der Waals surface area contributed by atoms with Gasteiger partial charge in [-0.1, -0.05) is 29.4 Å². The van der Waals surface area contributed by atoms with E-state index in [-0.39, 0.29) is 0 Å². The van der Waals surface area contributed by atoms with Crippen molar-refractivity contribution in [3.8, 4) is 0 Å². The Morgan fingerprint density at radius 3 is 2.96 bits per heavy atom. The van der Waals surface area contributed by atoms with Gasteiger partial charge in [-0.25, -0.2) is 9.97 Å². The molecule has 142 valence electrons. The summed E-state index contributed by atoms with van der Waals surface area (Å²) in [4.78, 5) is 14.5. The number of nitrogen functional groups attached to an aromatic ring is 1. The van der Waals surface area contributed by atoms with E-state index in [0.29, 0.717) is 37.6 Å². The molecule has 0 saturated carbocycles. The van der Waals surface area contributed by atoms with Gasteiger partial charge in [-0.05, 0) is 13.0 Å². The van der Waals surface area contributed by atoms with E-state index in [4.69, 9.17) is 20.3 Å². The molecule has 0 fully saturated rings. The second-order valence-electron chi connectivity index (χ2n) is 6.03. The van der Waals surface area contributed by atoms with Crippen molar-refractivity contribution in [2.24, 2.45) is 5.16 Å². The number of fused-ring (bicyclic) bond motifs is 3. The molecular formula is C20H25N5O2. The fraction of sp³-hybridized carbons (Fsp3) is 0.350. The summed E-state index contributed by atoms with van der Waals surface area (Å²) >= 11 is 0. The van der Waals surface area contributed by atoms with E-state index in [1.54, 1.807) is 12.3 Å². The number of anilines is 1. The summed E-state index contributed by atoms with van der Waals surface area (Å²) in [5, 5.41) is 4.93. The predicted octanol–water partition coefficient (Wildman–Crippen LogP) is 3.67. The molecule has 0 radical (unpaired) electrons. The maximum Gasteiger partial charge on any atom is 0.152 e. The van der Waals surface area contributed by atoms with Crippen molar-refractivity contribution >= 4 is 34.0 Å². The first-order chi connectivity index (χ1) is 13.3. The number of ether oxygens (including phenoxy) is 1. The van der Waals surface area contributed by atoms with Gasteiger partial charge in [0.2, 0.25) is 0 Å². The highest BCUT2D eigenvalue weighted by Crippen LogP contribution is 2.29. The Morgan fingerprint density at radius 2 is 2.15 bits per heavy atom. The smallest absolute Gasteiger partial charge is 0.152 e. The number of aryl methyl sites for hydroxylation is 1. The Morgan fingerprint density at radius 1 is 1.30 bits per heavy atom. The van der Waals surface area contributed by atoms with Gasteiger partial charge in [0.05, 0.1) is 11.0 Å². The Balaban J connectivity index is 1.91. The fourth-order valence-electron chi connectivity index (χ4n) is 2.96. The number of nitrogens with two attached hydrogens (primary N) is 1. The molecule has 0 unspecified atom stereocenters. The highest BCUT2D eigenvalue weighted by Gasteiger charge is 2.17. The van der Waals surface area contributed by atoms with Crippen molar-refractivity contribution in [2.45, 2.75) is 32.9 Å². The third-order valence-corrected chi connectivity index (χ3v) is 4.16. The zero-order valence-electron chi connectivity index (χ0n) is 15.6. The number of pyridine rings is 1. The average Bonchev–Trinajstić information content (AvgIpc) is 3.05. The monoisotopic (exact) mass is 367 g/mol. The summed E-state index contributed by atoms with van der Waals surface area (Å²) in [5.41, 5.74) is 8.74. The molecule has 2 N–H and O–H groups in total. The van der Waals surface area contributed by atoms with Crippen molar-refractivity contribution in [1.82, 2.24) is 14.5 Å². The minimum absolute atomic E-state index is 0.428. The number of rotatable bonds is 10. The lowest BCUT2D eigenvalue weighted by Crippen LogP contribution is -2.08. The van der Waals surface area contributed by atoms with Crippen LogP contribution in [0.3, 0.4) is 0 Å². The number of imidazole rings is 1. The van der Waals surface area contributed by atoms with Crippen LogP contribution in [0.15, 0.2) is 42.1 Å². The first-order valence-electron chi connectivity index (χ1n) is 9.12. The van der Waals surface area contributed by atoms with E-state index in [0.717, 1.165) is 35.2 Å². The number of aromatic nitrogens is 3. The molecule has 0 atom stereocenters. The van der Waals surface area contributed by atoms with E-state index in [2.05, 4.69) is 21.3 Å². The number of oxime groups is 1. The van der Waals surface area contributed by atoms with Crippen LogP contribution in [0.2, 0.25) is 0 Å². The first kappa shape index (κ1) is 18.8. The Bertz CT molecular complexity index is 948. The lowest BCUT2D eigenvalue weighted by atomic mass is 10.2. The molecule has 2 aromatic heterocycles. The number of hydrogen-bond donors (Lipinski definition) is 1. The molecule has 0 saturated heterocycles. The highest BCUT2D eigenvalue weighted by atomic mass is 16.6. The second kappa shape index (κ2) is 9.14. The molecule has 0 aliphatic heterocycles. The Labute approximate surface area is 158 Å². The van der Waals surface area contributed by atoms with Crippen LogP contribution in [0.25, 0.3) is 21.9 Å². The number of hydrogen-bond acceptors (Lipinski definition) is 6. The van der Waals surface area contributed by atoms with Gasteiger partial charge in [-0.3, -0.25) is 0 Å². The van der Waals surface area contributed by atoms with Crippen LogP contribution in [-0.2, 0) is 22.7 Å². The molecule has 1 aromatic carbocycles. The standard InChI is InChI=1S/C20H25N5O2/c1-3-5-11-22-27-13-8-12-25-17(14-26-4-2)24-18-19(25)15-9-6-7-10-16(15)23-20(18)21/h3,6-7,9-11H,1,4-5,8,12-14H2,2H3,(H2,21,23)/b22-11+. The average molecular weight is 367 g/mol.